The number of aromatic nitrogens is 1. The van der Waals surface area contributed by atoms with Gasteiger partial charge in [-0.2, -0.15) is 15.9 Å². The van der Waals surface area contributed by atoms with E-state index in [1.807, 2.05) is 6.07 Å². The van der Waals surface area contributed by atoms with Crippen LogP contribution >= 0.6 is 22.2 Å². The molecule has 0 radical (unpaired) electrons. The van der Waals surface area contributed by atoms with Gasteiger partial charge in [-0.3, -0.25) is 18.9 Å². The van der Waals surface area contributed by atoms with Crippen molar-refractivity contribution >= 4 is 39.6 Å². The number of nitriles is 1. The van der Waals surface area contributed by atoms with Crippen molar-refractivity contribution in [2.45, 2.75) is 24.4 Å². The van der Waals surface area contributed by atoms with E-state index in [-0.39, 0.29) is 27.5 Å². The summed E-state index contributed by atoms with van der Waals surface area (Å²) in [7, 11) is -3.90. The van der Waals surface area contributed by atoms with Crippen LogP contribution in [0.2, 0.25) is 5.02 Å². The lowest BCUT2D eigenvalue weighted by Crippen LogP contribution is -2.51. The summed E-state index contributed by atoms with van der Waals surface area (Å²) in [5.41, 5.74) is 4.06. The Morgan fingerprint density at radius 1 is 1.39 bits per heavy atom. The molecule has 0 unspecified atom stereocenters. The lowest BCUT2D eigenvalue weighted by atomic mass is 9.93. The van der Waals surface area contributed by atoms with Gasteiger partial charge >= 0.3 is 0 Å². The zero-order valence-corrected chi connectivity index (χ0v) is 17.9. The number of carbonyl (C=O) groups excluding carboxylic acids is 1. The second-order valence-corrected chi connectivity index (χ2v) is 10.1. The first-order valence-electron chi connectivity index (χ1n) is 8.78. The Morgan fingerprint density at radius 3 is 2.65 bits per heavy atom. The highest BCUT2D eigenvalue weighted by Gasteiger charge is 2.52. The largest absolute Gasteiger partial charge is 0.383 e. The number of rotatable bonds is 3. The third-order valence-electron chi connectivity index (χ3n) is 4.91. The number of amides is 1. The van der Waals surface area contributed by atoms with Crippen LogP contribution < -0.4 is 11.1 Å². The Balaban J connectivity index is 1.97. The van der Waals surface area contributed by atoms with Crippen molar-refractivity contribution in [3.8, 4) is 6.07 Å². The molecule has 0 bridgehead atoms. The van der Waals surface area contributed by atoms with Crippen LogP contribution in [0.15, 0.2) is 35.5 Å². The number of nitrogens with zero attached hydrogens (tertiary/aromatic N) is 3. The monoisotopic (exact) mass is 469 g/mol. The molecule has 12 heteroatoms. The molecule has 0 aliphatic carbocycles. The number of anilines is 1. The molecular weight excluding hydrogens is 452 g/mol. The third kappa shape index (κ3) is 4.07. The Bertz CT molecular complexity index is 1150. The number of carbonyl (C=O) groups is 1. The average molecular weight is 470 g/mol. The molecule has 2 aromatic rings. The van der Waals surface area contributed by atoms with Gasteiger partial charge in [0.15, 0.2) is 5.84 Å². The first-order chi connectivity index (χ1) is 14.3. The lowest BCUT2D eigenvalue weighted by molar-refractivity contribution is 0.102. The summed E-state index contributed by atoms with van der Waals surface area (Å²) in [4.78, 5) is 20.4. The smallest absolute Gasteiger partial charge is 0.275 e. The first kappa shape index (κ1) is 22.9. The molecule has 0 saturated carbocycles. The van der Waals surface area contributed by atoms with Gasteiger partial charge in [0.05, 0.1) is 16.3 Å². The lowest BCUT2D eigenvalue weighted by Gasteiger charge is -2.50. The van der Waals surface area contributed by atoms with Crippen molar-refractivity contribution in [1.82, 2.24) is 4.98 Å². The fourth-order valence-corrected chi connectivity index (χ4v) is 5.01. The van der Waals surface area contributed by atoms with Gasteiger partial charge in [-0.1, -0.05) is 11.6 Å². The SMILES string of the molecule is C[C@]1(F)C(N)=N[C@](C)(c2cc(NC(=O)c3ncc(C#N)cc3Cl)ccc2F)CS1(O)O. The second kappa shape index (κ2) is 7.72. The normalized spacial score (nSPS) is 25.8. The summed E-state index contributed by atoms with van der Waals surface area (Å²) in [5, 5.41) is 8.66. The number of nitrogens with two attached hydrogens (primary N) is 1. The number of hydrogen-bond donors (Lipinski definition) is 4. The number of halogens is 3. The van der Waals surface area contributed by atoms with E-state index in [0.29, 0.717) is 0 Å². The van der Waals surface area contributed by atoms with E-state index in [1.54, 1.807) is 0 Å². The van der Waals surface area contributed by atoms with Gasteiger partial charge in [0.1, 0.15) is 23.1 Å². The van der Waals surface area contributed by atoms with Crippen LogP contribution in [0.5, 0.6) is 0 Å². The Hall–Kier alpha value is -2.78. The van der Waals surface area contributed by atoms with Gasteiger partial charge < -0.3 is 11.1 Å². The second-order valence-electron chi connectivity index (χ2n) is 7.31. The number of benzene rings is 1. The number of hydrogen-bond acceptors (Lipinski definition) is 7. The first-order valence-corrected chi connectivity index (χ1v) is 10.9. The van der Waals surface area contributed by atoms with Crippen molar-refractivity contribution in [2.75, 3.05) is 11.1 Å². The molecule has 2 heterocycles. The molecule has 8 nitrogen and oxygen atoms in total. The molecule has 0 fully saturated rings. The minimum Gasteiger partial charge on any atom is -0.383 e. The van der Waals surface area contributed by atoms with Gasteiger partial charge in [0.25, 0.3) is 10.9 Å². The summed E-state index contributed by atoms with van der Waals surface area (Å²) in [6, 6.07) is 6.67. The highest BCUT2D eigenvalue weighted by atomic mass is 35.5. The van der Waals surface area contributed by atoms with Crippen molar-refractivity contribution < 1.29 is 22.7 Å². The van der Waals surface area contributed by atoms with E-state index in [2.05, 4.69) is 15.3 Å². The van der Waals surface area contributed by atoms with E-state index >= 15 is 0 Å². The molecule has 1 aromatic heterocycles. The highest BCUT2D eigenvalue weighted by Crippen LogP contribution is 2.60. The van der Waals surface area contributed by atoms with Gasteiger partial charge in [-0.05, 0) is 38.1 Å². The van der Waals surface area contributed by atoms with E-state index in [0.717, 1.165) is 13.0 Å². The fourth-order valence-electron chi connectivity index (χ4n) is 3.10. The predicted octanol–water partition coefficient (Wildman–Crippen LogP) is 4.02. The zero-order chi connectivity index (χ0) is 23.2. The molecule has 0 spiro atoms. The zero-order valence-electron chi connectivity index (χ0n) is 16.4. The number of alkyl halides is 1. The van der Waals surface area contributed by atoms with Gasteiger partial charge in [-0.15, -0.1) is 0 Å². The molecule has 1 amide bonds. The van der Waals surface area contributed by atoms with Gasteiger partial charge in [0.2, 0.25) is 0 Å². The highest BCUT2D eigenvalue weighted by molar-refractivity contribution is 8.26. The maximum atomic E-state index is 14.6. The Labute approximate surface area is 183 Å². The van der Waals surface area contributed by atoms with Crippen LogP contribution in [0.25, 0.3) is 0 Å². The predicted molar refractivity (Wildman–Crippen MR) is 115 cm³/mol. The number of pyridine rings is 1. The van der Waals surface area contributed by atoms with Crippen LogP contribution in [0.3, 0.4) is 0 Å². The van der Waals surface area contributed by atoms with Crippen molar-refractivity contribution in [3.63, 3.8) is 0 Å². The van der Waals surface area contributed by atoms with E-state index in [4.69, 9.17) is 22.6 Å². The van der Waals surface area contributed by atoms with E-state index in [9.17, 15) is 22.7 Å². The molecule has 1 aliphatic rings. The topological polar surface area (TPSA) is 145 Å². The standard InChI is InChI=1S/C19H18ClF2N5O3S/c1-18(9-31(29,30)19(2,22)17(24)27-18)12-6-11(3-4-14(12)21)26-16(28)15-13(20)5-10(7-23)8-25-15/h3-6,8,29-30H,9H2,1-2H3,(H2,24,27)(H,26,28)/t18-,19+/m0/s1. The summed E-state index contributed by atoms with van der Waals surface area (Å²) >= 11 is 5.99. The maximum Gasteiger partial charge on any atom is 0.275 e. The van der Waals surface area contributed by atoms with Crippen LogP contribution in [-0.2, 0) is 5.54 Å². The van der Waals surface area contributed by atoms with Gasteiger partial charge in [-0.25, -0.2) is 13.8 Å². The minimum absolute atomic E-state index is 0.0494. The van der Waals surface area contributed by atoms with Gasteiger partial charge in [0, 0.05) is 17.4 Å². The molecular formula is C19H18ClF2N5O3S. The minimum atomic E-state index is -3.90. The average Bonchev–Trinajstić information content (AvgIpc) is 2.67. The molecule has 3 rings (SSSR count). The third-order valence-corrected chi connectivity index (χ3v) is 7.60. The number of amidine groups is 1. The van der Waals surface area contributed by atoms with Crippen LogP contribution in [0.4, 0.5) is 14.5 Å². The molecule has 31 heavy (non-hydrogen) atoms. The molecule has 164 valence electrons. The van der Waals surface area contributed by atoms with Crippen molar-refractivity contribution in [2.24, 2.45) is 10.7 Å². The molecule has 1 aromatic carbocycles. The van der Waals surface area contributed by atoms with Crippen molar-refractivity contribution in [3.05, 3.63) is 58.1 Å². The van der Waals surface area contributed by atoms with E-state index in [1.165, 1.54) is 31.3 Å². The molecule has 0 saturated heterocycles. The summed E-state index contributed by atoms with van der Waals surface area (Å²) in [5.74, 6) is -2.75. The molecule has 5 N–H and O–H groups in total. The maximum absolute atomic E-state index is 14.6. The number of nitrogens with one attached hydrogen (secondary N) is 1. The Kier molecular flexibility index (Phi) is 5.70. The quantitative estimate of drug-likeness (QED) is 0.534. The summed E-state index contributed by atoms with van der Waals surface area (Å²) < 4.78 is 49.8. The fraction of sp³-hybridized carbons (Fsp3) is 0.263. The van der Waals surface area contributed by atoms with Crippen molar-refractivity contribution in [1.29, 1.82) is 5.26 Å². The van der Waals surface area contributed by atoms with Crippen LogP contribution in [-0.4, -0.2) is 36.6 Å². The summed E-state index contributed by atoms with van der Waals surface area (Å²) in [6.45, 7) is 2.29. The number of aliphatic imine (C=N–C) groups is 1. The molecule has 2 atom stereocenters. The van der Waals surface area contributed by atoms with Crippen LogP contribution in [0.1, 0.15) is 35.5 Å². The Morgan fingerprint density at radius 2 is 2.06 bits per heavy atom. The van der Waals surface area contributed by atoms with E-state index < -0.39 is 44.4 Å². The van der Waals surface area contributed by atoms with Crippen LogP contribution in [0, 0.1) is 17.1 Å². The molecule has 1 aliphatic heterocycles. The summed E-state index contributed by atoms with van der Waals surface area (Å²) in [6.07, 6.45) is 1.18.